The number of benzene rings is 2. The van der Waals surface area contributed by atoms with Gasteiger partial charge in [0.05, 0.1) is 6.10 Å². The summed E-state index contributed by atoms with van der Waals surface area (Å²) in [6.07, 6.45) is 6.77. The zero-order valence-electron chi connectivity index (χ0n) is 23.3. The molecule has 1 aliphatic rings. The Morgan fingerprint density at radius 2 is 1.42 bits per heavy atom. The van der Waals surface area contributed by atoms with Crippen molar-refractivity contribution in [3.8, 4) is 0 Å². The van der Waals surface area contributed by atoms with Crippen LogP contribution in [-0.4, -0.2) is 48.8 Å². The Morgan fingerprint density at radius 3 is 1.97 bits per heavy atom. The van der Waals surface area contributed by atoms with Crippen molar-refractivity contribution in [3.05, 3.63) is 70.8 Å². The van der Waals surface area contributed by atoms with Crippen LogP contribution in [0.1, 0.15) is 99.9 Å². The summed E-state index contributed by atoms with van der Waals surface area (Å²) in [5.41, 5.74) is 11.3. The smallest absolute Gasteiger partial charge is 0.0789 e. The number of hydrogen-bond donors (Lipinski definition) is 3. The van der Waals surface area contributed by atoms with Crippen molar-refractivity contribution >= 4 is 0 Å². The predicted octanol–water partition coefficient (Wildman–Crippen LogP) is 6.01. The molecule has 4 nitrogen and oxygen atoms in total. The van der Waals surface area contributed by atoms with Gasteiger partial charge in [0, 0.05) is 19.1 Å². The van der Waals surface area contributed by atoms with Crippen LogP contribution in [0.2, 0.25) is 0 Å². The number of unbranched alkanes of at least 4 members (excludes halogenated alkanes) is 1. The molecular weight excluding hydrogens is 442 g/mol. The molecule has 1 aliphatic heterocycles. The van der Waals surface area contributed by atoms with E-state index >= 15 is 0 Å². The van der Waals surface area contributed by atoms with Gasteiger partial charge in [-0.3, -0.25) is 0 Å². The number of rotatable bonds is 14. The van der Waals surface area contributed by atoms with Crippen molar-refractivity contribution in [1.82, 2.24) is 10.2 Å². The molecule has 2 atom stereocenters. The van der Waals surface area contributed by atoms with Gasteiger partial charge in [-0.25, -0.2) is 0 Å². The van der Waals surface area contributed by atoms with E-state index in [1.165, 1.54) is 54.4 Å². The standard InChI is InChI=1S/C32H51N3O/c1-24(2)28-11-9-26(10-12-28)7-5-6-8-32(30-15-13-29(14-16-30)25(3)4)34-22-27-17-19-35(20-18-27)23-31(36)21-33/h9-16,24-25,27,31-32,34,36H,5-8,17-23,33H2,1-4H3. The Hall–Kier alpha value is -1.72. The first-order valence-corrected chi connectivity index (χ1v) is 14.4. The van der Waals surface area contributed by atoms with Crippen LogP contribution in [0.3, 0.4) is 0 Å². The molecule has 0 amide bonds. The largest absolute Gasteiger partial charge is 0.390 e. The Balaban J connectivity index is 1.51. The van der Waals surface area contributed by atoms with Crippen LogP contribution in [-0.2, 0) is 6.42 Å². The monoisotopic (exact) mass is 493 g/mol. The molecular formula is C32H51N3O. The molecule has 0 spiro atoms. The first-order chi connectivity index (χ1) is 17.4. The molecule has 4 N–H and O–H groups in total. The lowest BCUT2D eigenvalue weighted by molar-refractivity contribution is 0.0933. The number of aliphatic hydroxyl groups is 1. The highest BCUT2D eigenvalue weighted by molar-refractivity contribution is 5.27. The van der Waals surface area contributed by atoms with Crippen LogP contribution in [0, 0.1) is 5.92 Å². The van der Waals surface area contributed by atoms with Crippen LogP contribution >= 0.6 is 0 Å². The number of nitrogens with zero attached hydrogens (tertiary/aromatic N) is 1. The third-order valence-electron chi connectivity index (χ3n) is 7.96. The maximum atomic E-state index is 9.86. The van der Waals surface area contributed by atoms with E-state index in [-0.39, 0.29) is 0 Å². The maximum absolute atomic E-state index is 9.86. The van der Waals surface area contributed by atoms with Crippen molar-refractivity contribution in [3.63, 3.8) is 0 Å². The molecule has 0 bridgehead atoms. The van der Waals surface area contributed by atoms with Crippen LogP contribution in [0.15, 0.2) is 48.5 Å². The molecule has 1 fully saturated rings. The van der Waals surface area contributed by atoms with E-state index in [9.17, 15) is 5.11 Å². The molecule has 2 aromatic rings. The summed E-state index contributed by atoms with van der Waals surface area (Å²) < 4.78 is 0. The molecule has 0 saturated carbocycles. The highest BCUT2D eigenvalue weighted by Gasteiger charge is 2.22. The summed E-state index contributed by atoms with van der Waals surface area (Å²) in [5, 5.41) is 13.8. The number of piperidine rings is 1. The highest BCUT2D eigenvalue weighted by Crippen LogP contribution is 2.25. The second-order valence-corrected chi connectivity index (χ2v) is 11.6. The molecule has 0 radical (unpaired) electrons. The number of aliphatic hydroxyl groups excluding tert-OH is 1. The number of nitrogens with two attached hydrogens (primary N) is 1. The van der Waals surface area contributed by atoms with E-state index < -0.39 is 6.10 Å². The van der Waals surface area contributed by atoms with Crippen LogP contribution in [0.4, 0.5) is 0 Å². The van der Waals surface area contributed by atoms with Crippen LogP contribution in [0.5, 0.6) is 0 Å². The molecule has 2 unspecified atom stereocenters. The van der Waals surface area contributed by atoms with E-state index in [1.807, 2.05) is 0 Å². The molecule has 3 rings (SSSR count). The number of β-amino-alcohol motifs (C(OH)–C–C–N with tert-alkyl or cyclic N) is 1. The average molecular weight is 494 g/mol. The lowest BCUT2D eigenvalue weighted by Gasteiger charge is -2.34. The minimum atomic E-state index is -0.397. The molecule has 2 aromatic carbocycles. The summed E-state index contributed by atoms with van der Waals surface area (Å²) >= 11 is 0. The molecule has 200 valence electrons. The van der Waals surface area contributed by atoms with Crippen LogP contribution in [0.25, 0.3) is 0 Å². The zero-order chi connectivity index (χ0) is 25.9. The minimum absolute atomic E-state index is 0.349. The summed E-state index contributed by atoms with van der Waals surface area (Å²) in [7, 11) is 0. The number of nitrogens with one attached hydrogen (secondary N) is 1. The number of likely N-dealkylation sites (tertiary alicyclic amines) is 1. The van der Waals surface area contributed by atoms with Gasteiger partial charge in [-0.05, 0) is 91.7 Å². The Labute approximate surface area is 220 Å². The summed E-state index contributed by atoms with van der Waals surface area (Å²) in [6, 6.07) is 18.9. The van der Waals surface area contributed by atoms with E-state index in [0.717, 1.165) is 26.1 Å². The summed E-state index contributed by atoms with van der Waals surface area (Å²) in [4.78, 5) is 2.36. The topological polar surface area (TPSA) is 61.5 Å². The second kappa shape index (κ2) is 14.9. The highest BCUT2D eigenvalue weighted by atomic mass is 16.3. The molecule has 1 saturated heterocycles. The Bertz CT molecular complexity index is 854. The fraction of sp³-hybridized carbons (Fsp3) is 0.625. The van der Waals surface area contributed by atoms with Gasteiger partial charge in [0.1, 0.15) is 0 Å². The third kappa shape index (κ3) is 9.30. The minimum Gasteiger partial charge on any atom is -0.390 e. The fourth-order valence-electron chi connectivity index (χ4n) is 5.30. The lowest BCUT2D eigenvalue weighted by atomic mass is 9.93. The van der Waals surface area contributed by atoms with E-state index in [2.05, 4.69) is 86.4 Å². The molecule has 4 heteroatoms. The van der Waals surface area contributed by atoms with Crippen LogP contribution < -0.4 is 11.1 Å². The number of aryl methyl sites for hydroxylation is 1. The molecule has 0 aliphatic carbocycles. The van der Waals surface area contributed by atoms with Gasteiger partial charge in [-0.15, -0.1) is 0 Å². The third-order valence-corrected chi connectivity index (χ3v) is 7.96. The maximum Gasteiger partial charge on any atom is 0.0789 e. The van der Waals surface area contributed by atoms with E-state index in [1.54, 1.807) is 0 Å². The van der Waals surface area contributed by atoms with Crippen molar-refractivity contribution in [2.45, 2.75) is 90.2 Å². The summed E-state index contributed by atoms with van der Waals surface area (Å²) in [5.74, 6) is 1.86. The van der Waals surface area contributed by atoms with Gasteiger partial charge in [0.15, 0.2) is 0 Å². The SMILES string of the molecule is CC(C)c1ccc(CCCCC(NCC2CCN(CC(O)CN)CC2)c2ccc(C(C)C)cc2)cc1. The Morgan fingerprint density at radius 1 is 0.861 bits per heavy atom. The Kier molecular flexibility index (Phi) is 11.9. The van der Waals surface area contributed by atoms with Gasteiger partial charge in [-0.2, -0.15) is 0 Å². The molecule has 0 aromatic heterocycles. The average Bonchev–Trinajstić information content (AvgIpc) is 2.89. The lowest BCUT2D eigenvalue weighted by Crippen LogP contribution is -2.43. The number of hydrogen-bond acceptors (Lipinski definition) is 4. The van der Waals surface area contributed by atoms with Gasteiger partial charge < -0.3 is 21.1 Å². The van der Waals surface area contributed by atoms with Crippen molar-refractivity contribution in [2.24, 2.45) is 11.7 Å². The van der Waals surface area contributed by atoms with Crippen molar-refractivity contribution < 1.29 is 5.11 Å². The van der Waals surface area contributed by atoms with E-state index in [0.29, 0.717) is 36.9 Å². The van der Waals surface area contributed by atoms with Gasteiger partial charge in [0.25, 0.3) is 0 Å². The predicted molar refractivity (Wildman–Crippen MR) is 154 cm³/mol. The second-order valence-electron chi connectivity index (χ2n) is 11.6. The first kappa shape index (κ1) is 28.8. The van der Waals surface area contributed by atoms with Crippen molar-refractivity contribution in [2.75, 3.05) is 32.7 Å². The molecule has 36 heavy (non-hydrogen) atoms. The fourth-order valence-corrected chi connectivity index (χ4v) is 5.30. The van der Waals surface area contributed by atoms with Gasteiger partial charge >= 0.3 is 0 Å². The first-order valence-electron chi connectivity index (χ1n) is 14.4. The quantitative estimate of drug-likeness (QED) is 0.282. The normalized spacial score (nSPS) is 17.1. The molecule has 1 heterocycles. The van der Waals surface area contributed by atoms with Gasteiger partial charge in [-0.1, -0.05) is 82.6 Å². The summed E-state index contributed by atoms with van der Waals surface area (Å²) in [6.45, 7) is 13.3. The van der Waals surface area contributed by atoms with E-state index in [4.69, 9.17) is 5.73 Å². The zero-order valence-corrected chi connectivity index (χ0v) is 23.3. The van der Waals surface area contributed by atoms with Crippen molar-refractivity contribution in [1.29, 1.82) is 0 Å². The van der Waals surface area contributed by atoms with Gasteiger partial charge in [0.2, 0.25) is 0 Å².